The minimum absolute atomic E-state index is 0.0413. The molecule has 0 unspecified atom stereocenters. The molecule has 0 heterocycles. The zero-order valence-corrected chi connectivity index (χ0v) is 12.0. The molecule has 0 saturated heterocycles. The highest BCUT2D eigenvalue weighted by Crippen LogP contribution is 2.25. The minimum Gasteiger partial charge on any atom is -0.463 e. The Morgan fingerprint density at radius 3 is 2.65 bits per heavy atom. The van der Waals surface area contributed by atoms with Gasteiger partial charge in [0.05, 0.1) is 12.3 Å². The van der Waals surface area contributed by atoms with Crippen LogP contribution in [0.1, 0.15) is 25.0 Å². The van der Waals surface area contributed by atoms with E-state index in [1.54, 1.807) is 38.9 Å². The van der Waals surface area contributed by atoms with E-state index < -0.39 is 11.8 Å². The van der Waals surface area contributed by atoms with Crippen LogP contribution < -0.4 is 4.90 Å². The largest absolute Gasteiger partial charge is 0.463 e. The van der Waals surface area contributed by atoms with Gasteiger partial charge in [0.1, 0.15) is 17.4 Å². The molecule has 0 aliphatic rings. The Labute approximate surface area is 118 Å². The summed E-state index contributed by atoms with van der Waals surface area (Å²) in [6.07, 6.45) is 1.38. The molecular weight excluding hydrogens is 259 g/mol. The monoisotopic (exact) mass is 276 g/mol. The number of nitriles is 1. The van der Waals surface area contributed by atoms with E-state index in [4.69, 9.17) is 10.00 Å². The lowest BCUT2D eigenvalue weighted by Gasteiger charge is -2.15. The lowest BCUT2D eigenvalue weighted by molar-refractivity contribution is -0.138. The first-order chi connectivity index (χ1) is 9.42. The molecule has 20 heavy (non-hydrogen) atoms. The van der Waals surface area contributed by atoms with Crippen molar-refractivity contribution in [3.63, 3.8) is 0 Å². The third-order valence-electron chi connectivity index (χ3n) is 2.71. The number of ether oxygens (including phenoxy) is 1. The summed E-state index contributed by atoms with van der Waals surface area (Å²) in [5.74, 6) is -1.13. The first-order valence-corrected chi connectivity index (χ1v) is 6.17. The van der Waals surface area contributed by atoms with Gasteiger partial charge in [0.15, 0.2) is 0 Å². The summed E-state index contributed by atoms with van der Waals surface area (Å²) in [6, 6.07) is 5.03. The molecule has 0 N–H and O–H groups in total. The number of carbonyl (C=O) groups is 1. The lowest BCUT2D eigenvalue weighted by Crippen LogP contribution is -2.12. The van der Waals surface area contributed by atoms with Crippen LogP contribution in [0.2, 0.25) is 0 Å². The average molecular weight is 276 g/mol. The van der Waals surface area contributed by atoms with Crippen LogP contribution in [0.4, 0.5) is 10.1 Å². The Morgan fingerprint density at radius 1 is 1.50 bits per heavy atom. The van der Waals surface area contributed by atoms with Crippen molar-refractivity contribution in [1.29, 1.82) is 5.26 Å². The molecule has 0 spiro atoms. The van der Waals surface area contributed by atoms with Crippen LogP contribution in [-0.4, -0.2) is 26.7 Å². The molecule has 0 aromatic heterocycles. The van der Waals surface area contributed by atoms with Crippen molar-refractivity contribution in [3.8, 4) is 6.07 Å². The highest BCUT2D eigenvalue weighted by atomic mass is 19.1. The molecule has 0 aliphatic carbocycles. The Morgan fingerprint density at radius 2 is 2.15 bits per heavy atom. The number of anilines is 1. The van der Waals surface area contributed by atoms with E-state index in [-0.39, 0.29) is 23.3 Å². The van der Waals surface area contributed by atoms with Crippen LogP contribution in [0.5, 0.6) is 0 Å². The zero-order chi connectivity index (χ0) is 15.3. The number of hydrogen-bond acceptors (Lipinski definition) is 4. The van der Waals surface area contributed by atoms with Gasteiger partial charge in [-0.25, -0.2) is 9.18 Å². The third-order valence-corrected chi connectivity index (χ3v) is 2.71. The maximum atomic E-state index is 14.3. The van der Waals surface area contributed by atoms with E-state index in [0.29, 0.717) is 5.69 Å². The predicted octanol–water partition coefficient (Wildman–Crippen LogP) is 2.73. The number of carbonyl (C=O) groups excluding carboxylic acids is 1. The van der Waals surface area contributed by atoms with E-state index >= 15 is 0 Å². The fourth-order valence-electron chi connectivity index (χ4n) is 1.71. The molecular formula is C15H17FN2O2. The van der Waals surface area contributed by atoms with Crippen LogP contribution >= 0.6 is 0 Å². The Balaban J connectivity index is 3.26. The van der Waals surface area contributed by atoms with Gasteiger partial charge in [0, 0.05) is 25.2 Å². The molecule has 106 valence electrons. The Bertz CT molecular complexity index is 586. The van der Waals surface area contributed by atoms with Crippen LogP contribution in [0.15, 0.2) is 17.7 Å². The van der Waals surface area contributed by atoms with Crippen LogP contribution in [0, 0.1) is 17.1 Å². The van der Waals surface area contributed by atoms with Gasteiger partial charge in [0.25, 0.3) is 0 Å². The predicted molar refractivity (Wildman–Crippen MR) is 75.7 cm³/mol. The van der Waals surface area contributed by atoms with Gasteiger partial charge in [0.2, 0.25) is 0 Å². The van der Waals surface area contributed by atoms with Gasteiger partial charge in [-0.3, -0.25) is 0 Å². The first-order valence-electron chi connectivity index (χ1n) is 6.17. The van der Waals surface area contributed by atoms with Crippen LogP contribution in [0.3, 0.4) is 0 Å². The molecule has 0 bridgehead atoms. The number of benzene rings is 1. The fraction of sp³-hybridized carbons (Fsp3) is 0.333. The SMILES string of the molecule is CCOC(=O)/C(C)=C/c1ccc(N(C)C)c(C#N)c1F. The van der Waals surface area contributed by atoms with Crippen molar-refractivity contribution in [1.82, 2.24) is 0 Å². The summed E-state index contributed by atoms with van der Waals surface area (Å²) in [5, 5.41) is 9.07. The summed E-state index contributed by atoms with van der Waals surface area (Å²) in [7, 11) is 3.46. The molecule has 0 aliphatic heterocycles. The summed E-state index contributed by atoms with van der Waals surface area (Å²) in [6.45, 7) is 3.50. The average Bonchev–Trinajstić information content (AvgIpc) is 2.40. The number of esters is 1. The summed E-state index contributed by atoms with van der Waals surface area (Å²) >= 11 is 0. The van der Waals surface area contributed by atoms with Crippen LogP contribution in [0.25, 0.3) is 6.08 Å². The van der Waals surface area contributed by atoms with Gasteiger partial charge < -0.3 is 9.64 Å². The van der Waals surface area contributed by atoms with Gasteiger partial charge in [-0.15, -0.1) is 0 Å². The molecule has 5 heteroatoms. The van der Waals surface area contributed by atoms with Crippen LogP contribution in [-0.2, 0) is 9.53 Å². The standard InChI is InChI=1S/C15H17FN2O2/c1-5-20-15(19)10(2)8-11-6-7-13(18(3)4)12(9-17)14(11)16/h6-8H,5H2,1-4H3/b10-8+. The minimum atomic E-state index is -0.637. The van der Waals surface area contributed by atoms with E-state index in [2.05, 4.69) is 0 Å². The Kier molecular flexibility index (Phi) is 5.27. The third kappa shape index (κ3) is 3.35. The maximum absolute atomic E-state index is 14.3. The fourth-order valence-corrected chi connectivity index (χ4v) is 1.71. The molecule has 0 fully saturated rings. The van der Waals surface area contributed by atoms with Gasteiger partial charge in [-0.05, 0) is 32.1 Å². The van der Waals surface area contributed by atoms with E-state index in [1.807, 2.05) is 6.07 Å². The molecule has 0 atom stereocenters. The number of halogens is 1. The number of hydrogen-bond donors (Lipinski definition) is 0. The summed E-state index contributed by atoms with van der Waals surface area (Å²) < 4.78 is 19.1. The van der Waals surface area contributed by atoms with Crippen molar-refractivity contribution in [2.45, 2.75) is 13.8 Å². The Hall–Kier alpha value is -2.35. The van der Waals surface area contributed by atoms with Gasteiger partial charge >= 0.3 is 5.97 Å². The highest BCUT2D eigenvalue weighted by Gasteiger charge is 2.14. The molecule has 0 amide bonds. The van der Waals surface area contributed by atoms with Crippen molar-refractivity contribution in [2.75, 3.05) is 25.6 Å². The second-order valence-corrected chi connectivity index (χ2v) is 4.42. The first kappa shape index (κ1) is 15.7. The second-order valence-electron chi connectivity index (χ2n) is 4.42. The molecule has 1 rings (SSSR count). The molecule has 1 aromatic rings. The molecule has 0 radical (unpaired) electrons. The molecule has 1 aromatic carbocycles. The van der Waals surface area contributed by atoms with E-state index in [1.165, 1.54) is 12.1 Å². The lowest BCUT2D eigenvalue weighted by atomic mass is 10.1. The topological polar surface area (TPSA) is 53.3 Å². The van der Waals surface area contributed by atoms with Crippen molar-refractivity contribution in [3.05, 3.63) is 34.6 Å². The zero-order valence-electron chi connectivity index (χ0n) is 12.0. The van der Waals surface area contributed by atoms with Gasteiger partial charge in [-0.1, -0.05) is 0 Å². The maximum Gasteiger partial charge on any atom is 0.333 e. The summed E-state index contributed by atoms with van der Waals surface area (Å²) in [5.41, 5.74) is 0.932. The highest BCUT2D eigenvalue weighted by molar-refractivity contribution is 5.93. The molecule has 4 nitrogen and oxygen atoms in total. The smallest absolute Gasteiger partial charge is 0.333 e. The van der Waals surface area contributed by atoms with E-state index in [9.17, 15) is 9.18 Å². The van der Waals surface area contributed by atoms with Crippen molar-refractivity contribution < 1.29 is 13.9 Å². The van der Waals surface area contributed by atoms with Gasteiger partial charge in [-0.2, -0.15) is 5.26 Å². The number of nitrogens with zero attached hydrogens (tertiary/aromatic N) is 2. The quantitative estimate of drug-likeness (QED) is 0.626. The van der Waals surface area contributed by atoms with Crippen molar-refractivity contribution >= 4 is 17.7 Å². The summed E-state index contributed by atoms with van der Waals surface area (Å²) in [4.78, 5) is 13.2. The van der Waals surface area contributed by atoms with E-state index in [0.717, 1.165) is 0 Å². The number of rotatable bonds is 4. The van der Waals surface area contributed by atoms with Crippen molar-refractivity contribution in [2.24, 2.45) is 0 Å². The second kappa shape index (κ2) is 6.71. The molecule has 0 saturated carbocycles. The normalized spacial score (nSPS) is 10.9.